The van der Waals surface area contributed by atoms with Gasteiger partial charge in [0.05, 0.1) is 5.39 Å². The highest BCUT2D eigenvalue weighted by atomic mass is 35.5. The summed E-state index contributed by atoms with van der Waals surface area (Å²) in [5.74, 6) is 0.970. The van der Waals surface area contributed by atoms with E-state index in [0.29, 0.717) is 12.1 Å². The van der Waals surface area contributed by atoms with Crippen molar-refractivity contribution in [2.45, 2.75) is 37.8 Å². The van der Waals surface area contributed by atoms with Crippen molar-refractivity contribution in [3.63, 3.8) is 0 Å². The predicted octanol–water partition coefficient (Wildman–Crippen LogP) is 3.95. The van der Waals surface area contributed by atoms with Crippen LogP contribution in [-0.4, -0.2) is 22.1 Å². The minimum Gasteiger partial charge on any atom is -0.367 e. The van der Waals surface area contributed by atoms with E-state index in [9.17, 15) is 0 Å². The number of anilines is 1. The molecular formula is C16H19ClN4S. The van der Waals surface area contributed by atoms with Gasteiger partial charge in [-0.15, -0.1) is 23.7 Å². The maximum Gasteiger partial charge on any atom is 0.139 e. The molecule has 1 aliphatic carbocycles. The van der Waals surface area contributed by atoms with Gasteiger partial charge >= 0.3 is 0 Å². The van der Waals surface area contributed by atoms with Gasteiger partial charge in [0.25, 0.3) is 0 Å². The zero-order valence-electron chi connectivity index (χ0n) is 12.2. The number of hydrogen-bond donors (Lipinski definition) is 2. The molecule has 4 nitrogen and oxygen atoms in total. The van der Waals surface area contributed by atoms with E-state index in [0.717, 1.165) is 41.7 Å². The van der Waals surface area contributed by atoms with Crippen LogP contribution in [0.3, 0.4) is 0 Å². The highest BCUT2D eigenvalue weighted by Crippen LogP contribution is 2.36. The monoisotopic (exact) mass is 334 g/mol. The normalized spacial score (nSPS) is 21.7. The molecule has 3 N–H and O–H groups in total. The van der Waals surface area contributed by atoms with E-state index in [-0.39, 0.29) is 12.4 Å². The molecule has 1 aromatic carbocycles. The van der Waals surface area contributed by atoms with Gasteiger partial charge in [0.2, 0.25) is 0 Å². The Hall–Kier alpha value is -1.43. The number of nitrogens with two attached hydrogens (primary N) is 1. The van der Waals surface area contributed by atoms with E-state index in [1.807, 2.05) is 0 Å². The summed E-state index contributed by atoms with van der Waals surface area (Å²) in [4.78, 5) is 9.98. The number of benzene rings is 1. The van der Waals surface area contributed by atoms with E-state index in [1.165, 1.54) is 10.1 Å². The summed E-state index contributed by atoms with van der Waals surface area (Å²) in [6, 6.07) is 9.29. The fraction of sp³-hybridized carbons (Fsp3) is 0.375. The van der Waals surface area contributed by atoms with E-state index in [2.05, 4.69) is 39.6 Å². The summed E-state index contributed by atoms with van der Waals surface area (Å²) in [5.41, 5.74) is 5.99. The van der Waals surface area contributed by atoms with Gasteiger partial charge in [-0.25, -0.2) is 9.97 Å². The van der Waals surface area contributed by atoms with Crippen LogP contribution in [0.15, 0.2) is 30.6 Å². The van der Waals surface area contributed by atoms with Crippen molar-refractivity contribution in [3.8, 4) is 0 Å². The molecule has 22 heavy (non-hydrogen) atoms. The molecule has 1 fully saturated rings. The predicted molar refractivity (Wildman–Crippen MR) is 96.0 cm³/mol. The number of nitrogens with one attached hydrogen (secondary N) is 1. The second-order valence-electron chi connectivity index (χ2n) is 5.76. The van der Waals surface area contributed by atoms with Gasteiger partial charge in [-0.2, -0.15) is 0 Å². The second kappa shape index (κ2) is 6.36. The molecule has 4 rings (SSSR count). The third kappa shape index (κ3) is 2.76. The molecule has 0 unspecified atom stereocenters. The molecule has 0 saturated heterocycles. The maximum absolute atomic E-state index is 5.99. The molecule has 3 aromatic rings. The summed E-state index contributed by atoms with van der Waals surface area (Å²) in [5, 5.41) is 6.03. The Balaban J connectivity index is 0.00000144. The lowest BCUT2D eigenvalue weighted by Crippen LogP contribution is -2.33. The first-order valence-electron chi connectivity index (χ1n) is 7.45. The van der Waals surface area contributed by atoms with Gasteiger partial charge in [-0.1, -0.05) is 18.2 Å². The first-order valence-corrected chi connectivity index (χ1v) is 8.27. The van der Waals surface area contributed by atoms with Crippen molar-refractivity contribution in [1.82, 2.24) is 9.97 Å². The standard InChI is InChI=1S/C16H18N4S.ClH/c17-10-5-7-11(8-6-10)20-15-14-12-3-1-2-4-13(12)21-16(14)19-9-18-15;/h1-4,9-11H,5-8,17H2,(H,18,19,20);1H. The molecule has 0 atom stereocenters. The lowest BCUT2D eigenvalue weighted by Gasteiger charge is -2.27. The average Bonchev–Trinajstić information content (AvgIpc) is 2.89. The molecule has 0 spiro atoms. The van der Waals surface area contributed by atoms with Crippen LogP contribution < -0.4 is 11.1 Å². The molecular weight excluding hydrogens is 316 g/mol. The summed E-state index contributed by atoms with van der Waals surface area (Å²) >= 11 is 1.73. The van der Waals surface area contributed by atoms with Crippen LogP contribution in [0.2, 0.25) is 0 Å². The maximum atomic E-state index is 5.99. The third-order valence-corrected chi connectivity index (χ3v) is 5.37. The van der Waals surface area contributed by atoms with Crippen molar-refractivity contribution < 1.29 is 0 Å². The van der Waals surface area contributed by atoms with Crippen LogP contribution in [0.4, 0.5) is 5.82 Å². The van der Waals surface area contributed by atoms with Crippen LogP contribution in [0, 0.1) is 0 Å². The number of thiophene rings is 1. The molecule has 0 bridgehead atoms. The van der Waals surface area contributed by atoms with Crippen LogP contribution in [0.1, 0.15) is 25.7 Å². The van der Waals surface area contributed by atoms with Gasteiger partial charge < -0.3 is 11.1 Å². The van der Waals surface area contributed by atoms with E-state index < -0.39 is 0 Å². The van der Waals surface area contributed by atoms with Crippen molar-refractivity contribution in [2.75, 3.05) is 5.32 Å². The lowest BCUT2D eigenvalue weighted by atomic mass is 9.92. The first kappa shape index (κ1) is 15.5. The van der Waals surface area contributed by atoms with E-state index >= 15 is 0 Å². The van der Waals surface area contributed by atoms with Crippen molar-refractivity contribution in [2.24, 2.45) is 5.73 Å². The molecule has 116 valence electrons. The molecule has 2 aromatic heterocycles. The summed E-state index contributed by atoms with van der Waals surface area (Å²) < 4.78 is 1.27. The summed E-state index contributed by atoms with van der Waals surface area (Å²) in [6.07, 6.45) is 6.09. The summed E-state index contributed by atoms with van der Waals surface area (Å²) in [6.45, 7) is 0. The number of nitrogens with zero attached hydrogens (tertiary/aromatic N) is 2. The second-order valence-corrected chi connectivity index (χ2v) is 6.79. The first-order chi connectivity index (χ1) is 10.3. The highest BCUT2D eigenvalue weighted by Gasteiger charge is 2.20. The van der Waals surface area contributed by atoms with Crippen molar-refractivity contribution in [1.29, 1.82) is 0 Å². The molecule has 0 radical (unpaired) electrons. The molecule has 6 heteroatoms. The number of fused-ring (bicyclic) bond motifs is 3. The Bertz CT molecular complexity index is 780. The fourth-order valence-corrected chi connectivity index (χ4v) is 4.17. The van der Waals surface area contributed by atoms with Gasteiger partial charge in [0.15, 0.2) is 0 Å². The van der Waals surface area contributed by atoms with Crippen molar-refractivity contribution in [3.05, 3.63) is 30.6 Å². The zero-order valence-corrected chi connectivity index (χ0v) is 13.8. The van der Waals surface area contributed by atoms with Gasteiger partial charge in [0, 0.05) is 22.2 Å². The highest BCUT2D eigenvalue weighted by molar-refractivity contribution is 7.25. The van der Waals surface area contributed by atoms with Crippen LogP contribution in [0.5, 0.6) is 0 Å². The van der Waals surface area contributed by atoms with Crippen LogP contribution >= 0.6 is 23.7 Å². The quantitative estimate of drug-likeness (QED) is 0.744. The van der Waals surface area contributed by atoms with Gasteiger partial charge in [-0.3, -0.25) is 0 Å². The van der Waals surface area contributed by atoms with Crippen LogP contribution in [0.25, 0.3) is 20.3 Å². The Labute approximate surface area is 139 Å². The fourth-order valence-electron chi connectivity index (χ4n) is 3.12. The molecule has 1 saturated carbocycles. The smallest absolute Gasteiger partial charge is 0.139 e. The Morgan fingerprint density at radius 2 is 1.86 bits per heavy atom. The molecule has 1 aliphatic rings. The zero-order chi connectivity index (χ0) is 14.2. The van der Waals surface area contributed by atoms with E-state index in [1.54, 1.807) is 17.7 Å². The topological polar surface area (TPSA) is 63.8 Å². The number of rotatable bonds is 2. The van der Waals surface area contributed by atoms with Crippen molar-refractivity contribution >= 4 is 49.9 Å². The Morgan fingerprint density at radius 3 is 2.68 bits per heavy atom. The molecule has 0 amide bonds. The average molecular weight is 335 g/mol. The van der Waals surface area contributed by atoms with Gasteiger partial charge in [-0.05, 0) is 31.7 Å². The third-order valence-electron chi connectivity index (χ3n) is 4.29. The van der Waals surface area contributed by atoms with Gasteiger partial charge in [0.1, 0.15) is 17.0 Å². The minimum atomic E-state index is 0. The van der Waals surface area contributed by atoms with E-state index in [4.69, 9.17) is 5.73 Å². The summed E-state index contributed by atoms with van der Waals surface area (Å²) in [7, 11) is 0. The van der Waals surface area contributed by atoms with Crippen LogP contribution in [-0.2, 0) is 0 Å². The number of aromatic nitrogens is 2. The Morgan fingerprint density at radius 1 is 1.09 bits per heavy atom. The lowest BCUT2D eigenvalue weighted by molar-refractivity contribution is 0.410. The number of halogens is 1. The Kier molecular flexibility index (Phi) is 4.47. The SMILES string of the molecule is Cl.NC1CCC(Nc2ncnc3sc4ccccc4c23)CC1. The molecule has 0 aliphatic heterocycles. The minimum absolute atomic E-state index is 0. The largest absolute Gasteiger partial charge is 0.367 e. The number of hydrogen-bond acceptors (Lipinski definition) is 5. The molecule has 2 heterocycles.